The number of anilines is 1. The highest BCUT2D eigenvalue weighted by Crippen LogP contribution is 1.99. The molecular weight excluding hydrogens is 254 g/mol. The second-order valence-electron chi connectivity index (χ2n) is 4.45. The fourth-order valence-corrected chi connectivity index (χ4v) is 1.82. The number of aryl methyl sites for hydroxylation is 1. The Morgan fingerprint density at radius 3 is 2.65 bits per heavy atom. The van der Waals surface area contributed by atoms with E-state index >= 15 is 0 Å². The summed E-state index contributed by atoms with van der Waals surface area (Å²) in [7, 11) is 1.64. The number of rotatable bonds is 4. The van der Waals surface area contributed by atoms with Crippen molar-refractivity contribution in [3.05, 3.63) is 64.6 Å². The van der Waals surface area contributed by atoms with Crippen molar-refractivity contribution >= 4 is 11.7 Å². The van der Waals surface area contributed by atoms with E-state index < -0.39 is 0 Å². The van der Waals surface area contributed by atoms with Crippen LogP contribution in [-0.4, -0.2) is 17.1 Å². The molecule has 104 valence electrons. The summed E-state index contributed by atoms with van der Waals surface area (Å²) in [6, 6.07) is 12.8. The van der Waals surface area contributed by atoms with Crippen molar-refractivity contribution in [3.63, 3.8) is 0 Å². The number of hydrogen-bond donors (Lipinski definition) is 2. The summed E-state index contributed by atoms with van der Waals surface area (Å²) >= 11 is 0. The molecule has 5 nitrogen and oxygen atoms in total. The van der Waals surface area contributed by atoms with Crippen molar-refractivity contribution in [3.8, 4) is 0 Å². The Balaban J connectivity index is 1.84. The van der Waals surface area contributed by atoms with Gasteiger partial charge >= 0.3 is 6.03 Å². The van der Waals surface area contributed by atoms with Gasteiger partial charge in [-0.1, -0.05) is 30.3 Å². The first-order chi connectivity index (χ1) is 9.66. The molecule has 0 aliphatic carbocycles. The van der Waals surface area contributed by atoms with E-state index in [9.17, 15) is 9.59 Å². The predicted molar refractivity (Wildman–Crippen MR) is 78.9 cm³/mol. The largest absolute Gasteiger partial charge is 0.338 e. The van der Waals surface area contributed by atoms with Crippen LogP contribution in [0.3, 0.4) is 0 Å². The zero-order valence-corrected chi connectivity index (χ0v) is 11.3. The van der Waals surface area contributed by atoms with Crippen LogP contribution in [-0.2, 0) is 13.5 Å². The minimum absolute atomic E-state index is 0.231. The van der Waals surface area contributed by atoms with Crippen molar-refractivity contribution in [2.45, 2.75) is 6.42 Å². The SMILES string of the molecule is Cn1cccc(NC(=O)NCCc2ccccc2)c1=O. The molecule has 0 atom stereocenters. The number of nitrogens with zero attached hydrogens (tertiary/aromatic N) is 1. The lowest BCUT2D eigenvalue weighted by Gasteiger charge is -2.08. The Hall–Kier alpha value is -2.56. The highest BCUT2D eigenvalue weighted by molar-refractivity contribution is 5.88. The number of pyridine rings is 1. The summed E-state index contributed by atoms with van der Waals surface area (Å²) in [6.07, 6.45) is 2.39. The van der Waals surface area contributed by atoms with Gasteiger partial charge in [-0.05, 0) is 24.1 Å². The molecule has 0 radical (unpaired) electrons. The Kier molecular flexibility index (Phi) is 4.55. The number of carbonyl (C=O) groups excluding carboxylic acids is 1. The average molecular weight is 271 g/mol. The van der Waals surface area contributed by atoms with Crippen LogP contribution in [0.25, 0.3) is 0 Å². The topological polar surface area (TPSA) is 63.1 Å². The van der Waals surface area contributed by atoms with Crippen molar-refractivity contribution in [1.29, 1.82) is 0 Å². The fourth-order valence-electron chi connectivity index (χ4n) is 1.82. The highest BCUT2D eigenvalue weighted by Gasteiger charge is 2.05. The summed E-state index contributed by atoms with van der Waals surface area (Å²) in [6.45, 7) is 0.517. The summed E-state index contributed by atoms with van der Waals surface area (Å²) in [5, 5.41) is 5.28. The summed E-state index contributed by atoms with van der Waals surface area (Å²) in [5.41, 5.74) is 1.20. The van der Waals surface area contributed by atoms with E-state index in [1.54, 1.807) is 25.4 Å². The maximum atomic E-state index is 11.7. The monoisotopic (exact) mass is 271 g/mol. The number of nitrogens with one attached hydrogen (secondary N) is 2. The molecule has 5 heteroatoms. The van der Waals surface area contributed by atoms with Crippen molar-refractivity contribution in [2.75, 3.05) is 11.9 Å². The van der Waals surface area contributed by atoms with Crippen LogP contribution >= 0.6 is 0 Å². The lowest BCUT2D eigenvalue weighted by Crippen LogP contribution is -2.33. The van der Waals surface area contributed by atoms with Gasteiger partial charge in [-0.3, -0.25) is 4.79 Å². The summed E-state index contributed by atoms with van der Waals surface area (Å²) in [4.78, 5) is 23.4. The zero-order valence-electron chi connectivity index (χ0n) is 11.3. The van der Waals surface area contributed by atoms with Gasteiger partial charge < -0.3 is 15.2 Å². The summed E-state index contributed by atoms with van der Waals surface area (Å²) < 4.78 is 1.42. The van der Waals surface area contributed by atoms with Gasteiger partial charge in [-0.15, -0.1) is 0 Å². The Labute approximate surface area is 117 Å². The third kappa shape index (κ3) is 3.71. The standard InChI is InChI=1S/C15H17N3O2/c1-18-11-5-8-13(14(18)19)17-15(20)16-10-9-12-6-3-2-4-7-12/h2-8,11H,9-10H2,1H3,(H2,16,17,20). The Morgan fingerprint density at radius 2 is 1.90 bits per heavy atom. The molecule has 2 aromatic rings. The van der Waals surface area contributed by atoms with Gasteiger partial charge in [0.2, 0.25) is 0 Å². The molecule has 1 aromatic carbocycles. The molecule has 0 bridgehead atoms. The molecule has 2 N–H and O–H groups in total. The number of amides is 2. The molecule has 0 aliphatic rings. The van der Waals surface area contributed by atoms with Gasteiger partial charge in [0.1, 0.15) is 5.69 Å². The van der Waals surface area contributed by atoms with Gasteiger partial charge in [0, 0.05) is 19.8 Å². The van der Waals surface area contributed by atoms with E-state index in [4.69, 9.17) is 0 Å². The predicted octanol–water partition coefficient (Wildman–Crippen LogP) is 1.75. The Morgan fingerprint density at radius 1 is 1.15 bits per heavy atom. The van der Waals surface area contributed by atoms with Crippen LogP contribution < -0.4 is 16.2 Å². The van der Waals surface area contributed by atoms with E-state index in [-0.39, 0.29) is 17.3 Å². The second kappa shape index (κ2) is 6.56. The molecular formula is C15H17N3O2. The molecule has 0 unspecified atom stereocenters. The van der Waals surface area contributed by atoms with E-state index in [0.29, 0.717) is 6.54 Å². The molecule has 20 heavy (non-hydrogen) atoms. The minimum Gasteiger partial charge on any atom is -0.338 e. The zero-order chi connectivity index (χ0) is 14.4. The number of urea groups is 1. The number of carbonyl (C=O) groups is 1. The van der Waals surface area contributed by atoms with Crippen LogP contribution in [0.4, 0.5) is 10.5 Å². The maximum Gasteiger partial charge on any atom is 0.319 e. The first kappa shape index (κ1) is 13.9. The van der Waals surface area contributed by atoms with Crippen molar-refractivity contribution in [1.82, 2.24) is 9.88 Å². The Bertz CT molecular complexity index is 635. The first-order valence-corrected chi connectivity index (χ1v) is 6.41. The molecule has 0 spiro atoms. The lowest BCUT2D eigenvalue weighted by molar-refractivity contribution is 0.252. The van der Waals surface area contributed by atoms with Gasteiger partial charge in [0.05, 0.1) is 0 Å². The summed E-state index contributed by atoms with van der Waals surface area (Å²) in [5.74, 6) is 0. The van der Waals surface area contributed by atoms with Gasteiger partial charge in [0.15, 0.2) is 0 Å². The van der Waals surface area contributed by atoms with E-state index in [0.717, 1.165) is 12.0 Å². The van der Waals surface area contributed by atoms with Gasteiger partial charge in [-0.25, -0.2) is 4.79 Å². The number of benzene rings is 1. The molecule has 0 saturated heterocycles. The molecule has 0 fully saturated rings. The van der Waals surface area contributed by atoms with Gasteiger partial charge in [-0.2, -0.15) is 0 Å². The lowest BCUT2D eigenvalue weighted by atomic mass is 10.1. The van der Waals surface area contributed by atoms with E-state index in [1.165, 1.54) is 4.57 Å². The van der Waals surface area contributed by atoms with Crippen LogP contribution in [0.15, 0.2) is 53.5 Å². The van der Waals surface area contributed by atoms with Crippen LogP contribution in [0.5, 0.6) is 0 Å². The third-order valence-corrected chi connectivity index (χ3v) is 2.91. The average Bonchev–Trinajstić information content (AvgIpc) is 2.45. The van der Waals surface area contributed by atoms with Crippen LogP contribution in [0.2, 0.25) is 0 Å². The number of hydrogen-bond acceptors (Lipinski definition) is 2. The van der Waals surface area contributed by atoms with Gasteiger partial charge in [0.25, 0.3) is 5.56 Å². The minimum atomic E-state index is -0.371. The highest BCUT2D eigenvalue weighted by atomic mass is 16.2. The number of aromatic nitrogens is 1. The molecule has 1 heterocycles. The quantitative estimate of drug-likeness (QED) is 0.890. The maximum absolute atomic E-state index is 11.7. The molecule has 1 aromatic heterocycles. The molecule has 0 saturated carbocycles. The van der Waals surface area contributed by atoms with Crippen molar-refractivity contribution < 1.29 is 4.79 Å². The second-order valence-corrected chi connectivity index (χ2v) is 4.45. The van der Waals surface area contributed by atoms with Crippen LogP contribution in [0, 0.1) is 0 Å². The first-order valence-electron chi connectivity index (χ1n) is 6.41. The molecule has 0 aliphatic heterocycles. The van der Waals surface area contributed by atoms with Crippen molar-refractivity contribution in [2.24, 2.45) is 7.05 Å². The molecule has 2 amide bonds. The van der Waals surface area contributed by atoms with E-state index in [2.05, 4.69) is 10.6 Å². The fraction of sp³-hybridized carbons (Fsp3) is 0.200. The molecule has 2 rings (SSSR count). The normalized spacial score (nSPS) is 10.1. The third-order valence-electron chi connectivity index (χ3n) is 2.91. The van der Waals surface area contributed by atoms with Crippen LogP contribution in [0.1, 0.15) is 5.56 Å². The van der Waals surface area contributed by atoms with E-state index in [1.807, 2.05) is 30.3 Å². The smallest absolute Gasteiger partial charge is 0.319 e.